The van der Waals surface area contributed by atoms with Gasteiger partial charge in [-0.1, -0.05) is 0 Å². The molecule has 0 aliphatic carbocycles. The van der Waals surface area contributed by atoms with Crippen LogP contribution in [0.2, 0.25) is 0 Å². The lowest BCUT2D eigenvalue weighted by Crippen LogP contribution is -2.50. The summed E-state index contributed by atoms with van der Waals surface area (Å²) in [7, 11) is 0. The van der Waals surface area contributed by atoms with Crippen molar-refractivity contribution in [1.82, 2.24) is 0 Å². The average Bonchev–Trinajstić information content (AvgIpc) is 2.00. The van der Waals surface area contributed by atoms with Crippen LogP contribution in [0.1, 0.15) is 6.92 Å². The first-order valence-corrected chi connectivity index (χ1v) is 3.33. The molecule has 0 amide bonds. The minimum Gasteiger partial charge on any atom is -0.390 e. The Morgan fingerprint density at radius 2 is 2.00 bits per heavy atom. The van der Waals surface area contributed by atoms with Gasteiger partial charge in [-0.05, 0) is 6.92 Å². The van der Waals surface area contributed by atoms with Crippen molar-refractivity contribution in [3.05, 3.63) is 0 Å². The lowest BCUT2D eigenvalue weighted by atomic mass is 10.0. The maximum absolute atomic E-state index is 10.5. The number of hydrogen-bond acceptors (Lipinski definition) is 5. The second-order valence-electron chi connectivity index (χ2n) is 2.44. The average molecular weight is 162 g/mol. The normalized spacial score (nSPS) is 19.0. The van der Waals surface area contributed by atoms with E-state index in [9.17, 15) is 4.79 Å². The fourth-order valence-electron chi connectivity index (χ4n) is 0.639. The fraction of sp³-hybridized carbons (Fsp3) is 0.833. The Labute approximate surface area is 65.0 Å². The Balaban J connectivity index is 4.00. The van der Waals surface area contributed by atoms with E-state index in [1.807, 2.05) is 0 Å². The SMILES string of the molecule is CC(=O)[C@@H](O)C(N)C(O)CN. The van der Waals surface area contributed by atoms with E-state index in [1.54, 1.807) is 0 Å². The summed E-state index contributed by atoms with van der Waals surface area (Å²) in [6.07, 6.45) is -2.36. The van der Waals surface area contributed by atoms with Crippen molar-refractivity contribution in [3.63, 3.8) is 0 Å². The monoisotopic (exact) mass is 162 g/mol. The Kier molecular flexibility index (Phi) is 4.20. The van der Waals surface area contributed by atoms with E-state index in [4.69, 9.17) is 21.7 Å². The molecule has 2 unspecified atom stereocenters. The van der Waals surface area contributed by atoms with Crippen LogP contribution in [0.25, 0.3) is 0 Å². The van der Waals surface area contributed by atoms with Crippen LogP contribution in [0.15, 0.2) is 0 Å². The van der Waals surface area contributed by atoms with Crippen LogP contribution in [-0.4, -0.2) is 40.8 Å². The predicted octanol–water partition coefficient (Wildman–Crippen LogP) is -2.42. The van der Waals surface area contributed by atoms with Gasteiger partial charge in [0.1, 0.15) is 6.10 Å². The molecule has 0 rings (SSSR count). The van der Waals surface area contributed by atoms with Gasteiger partial charge in [0.25, 0.3) is 0 Å². The smallest absolute Gasteiger partial charge is 0.159 e. The largest absolute Gasteiger partial charge is 0.390 e. The molecule has 11 heavy (non-hydrogen) atoms. The maximum atomic E-state index is 10.5. The van der Waals surface area contributed by atoms with Gasteiger partial charge in [-0.3, -0.25) is 4.79 Å². The fourth-order valence-corrected chi connectivity index (χ4v) is 0.639. The highest BCUT2D eigenvalue weighted by molar-refractivity contribution is 5.81. The maximum Gasteiger partial charge on any atom is 0.159 e. The van der Waals surface area contributed by atoms with Crippen LogP contribution in [0, 0.1) is 0 Å². The van der Waals surface area contributed by atoms with Crippen LogP contribution in [-0.2, 0) is 4.79 Å². The molecule has 0 saturated heterocycles. The summed E-state index contributed by atoms with van der Waals surface area (Å²) in [5.41, 5.74) is 10.3. The molecule has 5 nitrogen and oxygen atoms in total. The van der Waals surface area contributed by atoms with Crippen molar-refractivity contribution in [2.24, 2.45) is 11.5 Å². The van der Waals surface area contributed by atoms with Gasteiger partial charge in [0, 0.05) is 6.54 Å². The van der Waals surface area contributed by atoms with Crippen LogP contribution in [0.5, 0.6) is 0 Å². The molecule has 0 saturated carbocycles. The molecule has 0 aliphatic heterocycles. The number of rotatable bonds is 4. The summed E-state index contributed by atoms with van der Waals surface area (Å²) in [5.74, 6) is -0.468. The number of ketones is 1. The van der Waals surface area contributed by atoms with E-state index in [2.05, 4.69) is 0 Å². The number of carbonyl (C=O) groups excluding carboxylic acids is 1. The summed E-state index contributed by atoms with van der Waals surface area (Å²) in [4.78, 5) is 10.5. The predicted molar refractivity (Wildman–Crippen MR) is 39.7 cm³/mol. The number of Topliss-reactive ketones (excluding diaryl/α,β-unsaturated/α-hetero) is 1. The van der Waals surface area contributed by atoms with Crippen LogP contribution < -0.4 is 11.5 Å². The van der Waals surface area contributed by atoms with Crippen LogP contribution in [0.4, 0.5) is 0 Å². The molecule has 0 aliphatic rings. The molecule has 0 aromatic rings. The zero-order chi connectivity index (χ0) is 9.02. The van der Waals surface area contributed by atoms with Gasteiger partial charge in [-0.2, -0.15) is 0 Å². The Morgan fingerprint density at radius 3 is 2.27 bits per heavy atom. The summed E-state index contributed by atoms with van der Waals surface area (Å²) in [6, 6.07) is -0.988. The van der Waals surface area contributed by atoms with Crippen molar-refractivity contribution >= 4 is 5.78 Å². The molecule has 0 heterocycles. The molecule has 0 aromatic carbocycles. The highest BCUT2D eigenvalue weighted by atomic mass is 16.3. The van der Waals surface area contributed by atoms with E-state index in [0.717, 1.165) is 0 Å². The topological polar surface area (TPSA) is 110 Å². The van der Waals surface area contributed by atoms with Gasteiger partial charge in [0.15, 0.2) is 5.78 Å². The van der Waals surface area contributed by atoms with Crippen LogP contribution >= 0.6 is 0 Å². The van der Waals surface area contributed by atoms with Gasteiger partial charge in [0.05, 0.1) is 12.1 Å². The standard InChI is InChI=1S/C6H14N2O3/c1-3(9)6(11)5(8)4(10)2-7/h4-6,10-11H,2,7-8H2,1H3/t4?,5?,6-/m1/s1. The Morgan fingerprint density at radius 1 is 1.55 bits per heavy atom. The van der Waals surface area contributed by atoms with E-state index < -0.39 is 24.0 Å². The quantitative estimate of drug-likeness (QED) is 0.368. The number of aliphatic hydroxyl groups is 2. The van der Waals surface area contributed by atoms with Crippen molar-refractivity contribution < 1.29 is 15.0 Å². The molecule has 0 aromatic heterocycles. The molecule has 3 atom stereocenters. The van der Waals surface area contributed by atoms with Gasteiger partial charge in [-0.25, -0.2) is 0 Å². The lowest BCUT2D eigenvalue weighted by Gasteiger charge is -2.20. The molecular weight excluding hydrogens is 148 g/mol. The summed E-state index contributed by atoms with van der Waals surface area (Å²) in [5, 5.41) is 18.0. The van der Waals surface area contributed by atoms with E-state index in [-0.39, 0.29) is 6.54 Å². The highest BCUT2D eigenvalue weighted by Gasteiger charge is 2.24. The van der Waals surface area contributed by atoms with Gasteiger partial charge in [0.2, 0.25) is 0 Å². The molecule has 66 valence electrons. The number of carbonyl (C=O) groups is 1. The van der Waals surface area contributed by atoms with Gasteiger partial charge in [-0.15, -0.1) is 0 Å². The number of hydrogen-bond donors (Lipinski definition) is 4. The van der Waals surface area contributed by atoms with E-state index in [0.29, 0.717) is 0 Å². The minimum atomic E-state index is -1.33. The second kappa shape index (κ2) is 4.40. The second-order valence-corrected chi connectivity index (χ2v) is 2.44. The third kappa shape index (κ3) is 2.94. The van der Waals surface area contributed by atoms with Gasteiger partial charge >= 0.3 is 0 Å². The molecule has 0 spiro atoms. The Bertz CT molecular complexity index is 140. The molecule has 0 radical (unpaired) electrons. The van der Waals surface area contributed by atoms with Crippen molar-refractivity contribution in [2.75, 3.05) is 6.54 Å². The first-order valence-electron chi connectivity index (χ1n) is 3.33. The summed E-state index contributed by atoms with van der Waals surface area (Å²) in [6.45, 7) is 1.14. The molecule has 5 heteroatoms. The third-order valence-corrected chi connectivity index (χ3v) is 1.47. The molecule has 0 bridgehead atoms. The van der Waals surface area contributed by atoms with Crippen molar-refractivity contribution in [2.45, 2.75) is 25.2 Å². The lowest BCUT2D eigenvalue weighted by molar-refractivity contribution is -0.127. The van der Waals surface area contributed by atoms with E-state index >= 15 is 0 Å². The summed E-state index contributed by atoms with van der Waals surface area (Å²) < 4.78 is 0. The minimum absolute atomic E-state index is 0.0640. The first kappa shape index (κ1) is 10.5. The Hall–Kier alpha value is -0.490. The van der Waals surface area contributed by atoms with Crippen molar-refractivity contribution in [3.8, 4) is 0 Å². The highest BCUT2D eigenvalue weighted by Crippen LogP contribution is 1.96. The van der Waals surface area contributed by atoms with Crippen molar-refractivity contribution in [1.29, 1.82) is 0 Å². The van der Waals surface area contributed by atoms with E-state index in [1.165, 1.54) is 6.92 Å². The molecule has 6 N–H and O–H groups in total. The first-order chi connectivity index (χ1) is 5.00. The zero-order valence-electron chi connectivity index (χ0n) is 6.40. The van der Waals surface area contributed by atoms with Gasteiger partial charge < -0.3 is 21.7 Å². The number of nitrogens with two attached hydrogens (primary N) is 2. The van der Waals surface area contributed by atoms with Crippen LogP contribution in [0.3, 0.4) is 0 Å². The summed E-state index contributed by atoms with van der Waals surface area (Å²) >= 11 is 0. The zero-order valence-corrected chi connectivity index (χ0v) is 6.40. The molecule has 0 fully saturated rings. The number of aliphatic hydroxyl groups excluding tert-OH is 2. The molecular formula is C6H14N2O3. The third-order valence-electron chi connectivity index (χ3n) is 1.47.